The molecule has 0 saturated heterocycles. The van der Waals surface area contributed by atoms with Crippen LogP contribution in [-0.4, -0.2) is 21.2 Å². The average Bonchev–Trinajstić information content (AvgIpc) is 2.38. The molecule has 7 nitrogen and oxygen atoms in total. The maximum Gasteiger partial charge on any atom is 0.511 e. The van der Waals surface area contributed by atoms with E-state index in [1.807, 2.05) is 0 Å². The van der Waals surface area contributed by atoms with Gasteiger partial charge in [0.15, 0.2) is 0 Å². The first kappa shape index (κ1) is 15.4. The SMILES string of the molecule is Cc1cc(-c2c([N+](=O)[O-])ccc(OC(=O)O)c2C)cc(C)n1. The number of rotatable bonds is 3. The molecule has 0 bridgehead atoms. The Balaban J connectivity index is 2.74. The van der Waals surface area contributed by atoms with Gasteiger partial charge in [0.05, 0.1) is 10.5 Å². The minimum atomic E-state index is -1.47. The van der Waals surface area contributed by atoms with E-state index in [1.54, 1.807) is 32.9 Å². The van der Waals surface area contributed by atoms with Gasteiger partial charge in [0.1, 0.15) is 5.75 Å². The van der Waals surface area contributed by atoms with E-state index >= 15 is 0 Å². The van der Waals surface area contributed by atoms with Crippen molar-refractivity contribution in [3.05, 3.63) is 51.3 Å². The third-order valence-corrected chi connectivity index (χ3v) is 3.16. The van der Waals surface area contributed by atoms with E-state index in [0.717, 1.165) is 0 Å². The van der Waals surface area contributed by atoms with Crippen molar-refractivity contribution in [1.29, 1.82) is 0 Å². The monoisotopic (exact) mass is 302 g/mol. The van der Waals surface area contributed by atoms with E-state index < -0.39 is 11.1 Å². The Labute approximate surface area is 126 Å². The lowest BCUT2D eigenvalue weighted by Crippen LogP contribution is -2.06. The summed E-state index contributed by atoms with van der Waals surface area (Å²) in [6, 6.07) is 5.96. The van der Waals surface area contributed by atoms with E-state index in [-0.39, 0.29) is 11.4 Å². The quantitative estimate of drug-likeness (QED) is 0.402. The largest absolute Gasteiger partial charge is 0.511 e. The van der Waals surface area contributed by atoms with Crippen LogP contribution >= 0.6 is 0 Å². The van der Waals surface area contributed by atoms with Crippen LogP contribution in [0.5, 0.6) is 5.75 Å². The fraction of sp³-hybridized carbons (Fsp3) is 0.200. The van der Waals surface area contributed by atoms with Gasteiger partial charge in [-0.2, -0.15) is 0 Å². The molecule has 0 aliphatic heterocycles. The molecule has 1 aromatic heterocycles. The number of ether oxygens (including phenoxy) is 1. The smallest absolute Gasteiger partial charge is 0.449 e. The summed E-state index contributed by atoms with van der Waals surface area (Å²) in [5.74, 6) is 0.0696. The summed E-state index contributed by atoms with van der Waals surface area (Å²) in [7, 11) is 0. The molecule has 114 valence electrons. The lowest BCUT2D eigenvalue weighted by molar-refractivity contribution is -0.384. The number of pyridine rings is 1. The molecule has 0 spiro atoms. The van der Waals surface area contributed by atoms with Crippen LogP contribution in [0.15, 0.2) is 24.3 Å². The molecule has 0 aliphatic carbocycles. The highest BCUT2D eigenvalue weighted by atomic mass is 16.7. The summed E-state index contributed by atoms with van der Waals surface area (Å²) in [6.07, 6.45) is -1.47. The van der Waals surface area contributed by atoms with Gasteiger partial charge in [-0.25, -0.2) is 4.79 Å². The number of aromatic nitrogens is 1. The first-order valence-corrected chi connectivity index (χ1v) is 6.44. The van der Waals surface area contributed by atoms with Crippen molar-refractivity contribution >= 4 is 11.8 Å². The Morgan fingerprint density at radius 1 is 1.23 bits per heavy atom. The van der Waals surface area contributed by atoms with Crippen molar-refractivity contribution in [1.82, 2.24) is 4.98 Å². The Bertz CT molecular complexity index is 751. The van der Waals surface area contributed by atoms with Crippen LogP contribution in [-0.2, 0) is 0 Å². The number of benzene rings is 1. The Morgan fingerprint density at radius 3 is 2.32 bits per heavy atom. The highest BCUT2D eigenvalue weighted by Crippen LogP contribution is 2.38. The second-order valence-corrected chi connectivity index (χ2v) is 4.85. The van der Waals surface area contributed by atoms with Crippen molar-refractivity contribution < 1.29 is 19.6 Å². The number of nitrogens with zero attached hydrogens (tertiary/aromatic N) is 2. The number of nitro benzene ring substituents is 1. The second kappa shape index (κ2) is 5.80. The van der Waals surface area contributed by atoms with E-state index in [9.17, 15) is 14.9 Å². The maximum atomic E-state index is 11.3. The Kier molecular flexibility index (Phi) is 4.07. The van der Waals surface area contributed by atoms with Crippen LogP contribution < -0.4 is 4.74 Å². The zero-order valence-electron chi connectivity index (χ0n) is 12.3. The van der Waals surface area contributed by atoms with Gasteiger partial charge in [-0.1, -0.05) is 0 Å². The molecule has 0 aliphatic rings. The van der Waals surface area contributed by atoms with E-state index in [1.165, 1.54) is 12.1 Å². The zero-order valence-corrected chi connectivity index (χ0v) is 12.3. The molecule has 2 rings (SSSR count). The Morgan fingerprint density at radius 2 is 1.82 bits per heavy atom. The van der Waals surface area contributed by atoms with Gasteiger partial charge in [-0.05, 0) is 44.5 Å². The summed E-state index contributed by atoms with van der Waals surface area (Å²) in [5, 5.41) is 20.0. The van der Waals surface area contributed by atoms with Crippen LogP contribution in [0.25, 0.3) is 11.1 Å². The second-order valence-electron chi connectivity index (χ2n) is 4.85. The standard InChI is InChI=1S/C15H14N2O5/c1-8-6-11(7-9(2)16-8)14-10(3)13(22-15(18)19)5-4-12(14)17(20)21/h4-7H,1-3H3,(H,18,19). The number of hydrogen-bond acceptors (Lipinski definition) is 5. The van der Waals surface area contributed by atoms with Gasteiger partial charge in [-0.15, -0.1) is 0 Å². The molecule has 2 aromatic rings. The molecule has 0 atom stereocenters. The fourth-order valence-electron chi connectivity index (χ4n) is 2.38. The van der Waals surface area contributed by atoms with Crippen LogP contribution in [0, 0.1) is 30.9 Å². The third kappa shape index (κ3) is 3.03. The van der Waals surface area contributed by atoms with Crippen molar-refractivity contribution in [2.45, 2.75) is 20.8 Å². The van der Waals surface area contributed by atoms with Crippen LogP contribution in [0.4, 0.5) is 10.5 Å². The minimum Gasteiger partial charge on any atom is -0.449 e. The predicted molar refractivity (Wildman–Crippen MR) is 79.2 cm³/mol. The lowest BCUT2D eigenvalue weighted by Gasteiger charge is -2.12. The molecule has 0 radical (unpaired) electrons. The molecule has 1 N–H and O–H groups in total. The first-order valence-electron chi connectivity index (χ1n) is 6.44. The molecular weight excluding hydrogens is 288 g/mol. The average molecular weight is 302 g/mol. The molecule has 0 saturated carbocycles. The number of carboxylic acid groups (broad SMARTS) is 1. The summed E-state index contributed by atoms with van der Waals surface area (Å²) in [4.78, 5) is 25.8. The van der Waals surface area contributed by atoms with Crippen LogP contribution in [0.2, 0.25) is 0 Å². The van der Waals surface area contributed by atoms with Crippen molar-refractivity contribution in [2.24, 2.45) is 0 Å². The van der Waals surface area contributed by atoms with E-state index in [4.69, 9.17) is 5.11 Å². The summed E-state index contributed by atoms with van der Waals surface area (Å²) < 4.78 is 4.68. The van der Waals surface area contributed by atoms with E-state index in [2.05, 4.69) is 9.72 Å². The fourth-order valence-corrected chi connectivity index (χ4v) is 2.38. The molecule has 0 amide bonds. The number of hydrogen-bond donors (Lipinski definition) is 1. The topological polar surface area (TPSA) is 103 Å². The predicted octanol–water partition coefficient (Wildman–Crippen LogP) is 3.64. The van der Waals surface area contributed by atoms with Gasteiger partial charge in [-0.3, -0.25) is 15.1 Å². The molecule has 1 aromatic carbocycles. The molecular formula is C15H14N2O5. The Hall–Kier alpha value is -2.96. The highest BCUT2D eigenvalue weighted by Gasteiger charge is 2.22. The number of carbonyl (C=O) groups is 1. The number of aryl methyl sites for hydroxylation is 2. The van der Waals surface area contributed by atoms with Gasteiger partial charge < -0.3 is 9.84 Å². The van der Waals surface area contributed by atoms with E-state index in [0.29, 0.717) is 28.1 Å². The molecule has 0 fully saturated rings. The van der Waals surface area contributed by atoms with Crippen molar-refractivity contribution in [2.75, 3.05) is 0 Å². The van der Waals surface area contributed by atoms with Gasteiger partial charge in [0.2, 0.25) is 0 Å². The summed E-state index contributed by atoms with van der Waals surface area (Å²) in [6.45, 7) is 5.16. The van der Waals surface area contributed by atoms with Gasteiger partial charge >= 0.3 is 6.16 Å². The first-order chi connectivity index (χ1) is 10.3. The number of nitro groups is 1. The van der Waals surface area contributed by atoms with Crippen molar-refractivity contribution in [3.8, 4) is 16.9 Å². The van der Waals surface area contributed by atoms with Crippen LogP contribution in [0.3, 0.4) is 0 Å². The van der Waals surface area contributed by atoms with Crippen molar-refractivity contribution in [3.63, 3.8) is 0 Å². The molecule has 22 heavy (non-hydrogen) atoms. The zero-order chi connectivity index (χ0) is 16.4. The molecule has 0 unspecified atom stereocenters. The molecule has 7 heteroatoms. The van der Waals surface area contributed by atoms with Gasteiger partial charge in [0.25, 0.3) is 5.69 Å². The minimum absolute atomic E-state index is 0.0696. The molecule has 1 heterocycles. The highest BCUT2D eigenvalue weighted by molar-refractivity contribution is 5.80. The van der Waals surface area contributed by atoms with Gasteiger partial charge in [0, 0.05) is 23.0 Å². The maximum absolute atomic E-state index is 11.3. The third-order valence-electron chi connectivity index (χ3n) is 3.16. The van der Waals surface area contributed by atoms with Crippen LogP contribution in [0.1, 0.15) is 17.0 Å². The summed E-state index contributed by atoms with van der Waals surface area (Å²) in [5.41, 5.74) is 2.64. The summed E-state index contributed by atoms with van der Waals surface area (Å²) >= 11 is 0. The lowest BCUT2D eigenvalue weighted by atomic mass is 9.97. The normalized spacial score (nSPS) is 10.3.